The molecule has 0 aliphatic carbocycles. The molecule has 4 nitrogen and oxygen atoms in total. The number of rotatable bonds is 9. The molecule has 2 aromatic rings. The first-order chi connectivity index (χ1) is 12.8. The Balaban J connectivity index is 1.61. The third-order valence-corrected chi connectivity index (χ3v) is 4.83. The maximum Gasteiger partial charge on any atom is 0.128 e. The van der Waals surface area contributed by atoms with Gasteiger partial charge in [-0.25, -0.2) is 4.39 Å². The van der Waals surface area contributed by atoms with Crippen molar-refractivity contribution >= 4 is 0 Å². The van der Waals surface area contributed by atoms with Gasteiger partial charge in [0.15, 0.2) is 0 Å². The molecule has 2 heterocycles. The summed E-state index contributed by atoms with van der Waals surface area (Å²) in [5.74, 6) is -0.151. The number of hydrogen-bond donors (Lipinski definition) is 0. The van der Waals surface area contributed by atoms with Crippen LogP contribution in [0.2, 0.25) is 0 Å². The van der Waals surface area contributed by atoms with Crippen molar-refractivity contribution in [1.82, 2.24) is 14.4 Å². The van der Waals surface area contributed by atoms with E-state index < -0.39 is 0 Å². The highest BCUT2D eigenvalue weighted by molar-refractivity contribution is 5.19. The minimum absolute atomic E-state index is 0.151. The van der Waals surface area contributed by atoms with Gasteiger partial charge in [-0.3, -0.25) is 9.80 Å². The molecule has 1 aromatic heterocycles. The van der Waals surface area contributed by atoms with E-state index in [1.54, 1.807) is 6.07 Å². The minimum atomic E-state index is -0.151. The van der Waals surface area contributed by atoms with Gasteiger partial charge in [0.05, 0.1) is 19.8 Å². The van der Waals surface area contributed by atoms with Crippen molar-refractivity contribution in [2.24, 2.45) is 0 Å². The van der Waals surface area contributed by atoms with Crippen molar-refractivity contribution in [2.45, 2.75) is 13.1 Å². The molecule has 3 rings (SSSR count). The van der Waals surface area contributed by atoms with Crippen molar-refractivity contribution in [2.75, 3.05) is 45.9 Å². The van der Waals surface area contributed by atoms with E-state index in [0.29, 0.717) is 12.1 Å². The van der Waals surface area contributed by atoms with E-state index in [9.17, 15) is 4.39 Å². The largest absolute Gasteiger partial charge is 0.379 e. The maximum atomic E-state index is 14.0. The number of halogens is 1. The highest BCUT2D eigenvalue weighted by atomic mass is 19.1. The van der Waals surface area contributed by atoms with E-state index in [-0.39, 0.29) is 5.82 Å². The number of morpholine rings is 1. The smallest absolute Gasteiger partial charge is 0.128 e. The Labute approximate surface area is 155 Å². The molecule has 0 amide bonds. The fraction of sp³-hybridized carbons (Fsp3) is 0.429. The molecule has 0 radical (unpaired) electrons. The van der Waals surface area contributed by atoms with E-state index in [0.717, 1.165) is 52.5 Å². The quantitative estimate of drug-likeness (QED) is 0.644. The molecule has 1 fully saturated rings. The zero-order valence-electron chi connectivity index (χ0n) is 15.3. The Kier molecular flexibility index (Phi) is 7.00. The fourth-order valence-corrected chi connectivity index (χ4v) is 3.31. The van der Waals surface area contributed by atoms with Crippen molar-refractivity contribution in [3.05, 3.63) is 72.3 Å². The lowest BCUT2D eigenvalue weighted by atomic mass is 10.2. The van der Waals surface area contributed by atoms with Crippen LogP contribution in [-0.4, -0.2) is 60.3 Å². The molecule has 0 spiro atoms. The zero-order chi connectivity index (χ0) is 18.2. The molecule has 140 valence electrons. The van der Waals surface area contributed by atoms with Gasteiger partial charge < -0.3 is 9.30 Å². The third kappa shape index (κ3) is 5.27. The maximum absolute atomic E-state index is 14.0. The van der Waals surface area contributed by atoms with Crippen LogP contribution in [0, 0.1) is 5.82 Å². The van der Waals surface area contributed by atoms with Crippen LogP contribution in [0.5, 0.6) is 0 Å². The number of nitrogens with zero attached hydrogens (tertiary/aromatic N) is 3. The highest BCUT2D eigenvalue weighted by Crippen LogP contribution is 2.13. The summed E-state index contributed by atoms with van der Waals surface area (Å²) in [6.45, 7) is 11.8. The first-order valence-electron chi connectivity index (χ1n) is 9.27. The van der Waals surface area contributed by atoms with Gasteiger partial charge in [-0.1, -0.05) is 24.3 Å². The zero-order valence-corrected chi connectivity index (χ0v) is 15.3. The van der Waals surface area contributed by atoms with E-state index in [4.69, 9.17) is 4.74 Å². The molecule has 0 bridgehead atoms. The van der Waals surface area contributed by atoms with Gasteiger partial charge in [0.25, 0.3) is 0 Å². The monoisotopic (exact) mass is 357 g/mol. The van der Waals surface area contributed by atoms with Crippen LogP contribution in [0.4, 0.5) is 4.39 Å². The summed E-state index contributed by atoms with van der Waals surface area (Å²) < 4.78 is 21.5. The van der Waals surface area contributed by atoms with Crippen LogP contribution in [0.3, 0.4) is 0 Å². The number of ether oxygens (including phenoxy) is 1. The van der Waals surface area contributed by atoms with Crippen molar-refractivity contribution in [3.8, 4) is 0 Å². The van der Waals surface area contributed by atoms with Crippen LogP contribution >= 0.6 is 0 Å². The molecule has 0 atom stereocenters. The average molecular weight is 357 g/mol. The predicted octanol–water partition coefficient (Wildman–Crippen LogP) is 3.00. The molecule has 26 heavy (non-hydrogen) atoms. The number of hydrogen-bond acceptors (Lipinski definition) is 3. The van der Waals surface area contributed by atoms with Gasteiger partial charge in [-0.2, -0.15) is 0 Å². The molecule has 1 saturated heterocycles. The molecule has 1 aliphatic heterocycles. The summed E-state index contributed by atoms with van der Waals surface area (Å²) >= 11 is 0. The summed E-state index contributed by atoms with van der Waals surface area (Å²) in [6, 6.07) is 11.1. The Morgan fingerprint density at radius 1 is 1.15 bits per heavy atom. The summed E-state index contributed by atoms with van der Waals surface area (Å²) in [7, 11) is 0. The summed E-state index contributed by atoms with van der Waals surface area (Å²) in [6.07, 6.45) is 3.97. The van der Waals surface area contributed by atoms with Crippen LogP contribution < -0.4 is 0 Å². The van der Waals surface area contributed by atoms with E-state index >= 15 is 0 Å². The average Bonchev–Trinajstić information content (AvgIpc) is 3.09. The van der Waals surface area contributed by atoms with Gasteiger partial charge in [-0.15, -0.1) is 6.58 Å². The third-order valence-electron chi connectivity index (χ3n) is 4.83. The van der Waals surface area contributed by atoms with Crippen LogP contribution in [0.1, 0.15) is 11.3 Å². The Hall–Kier alpha value is -1.95. The summed E-state index contributed by atoms with van der Waals surface area (Å²) in [4.78, 5) is 4.83. The van der Waals surface area contributed by atoms with Crippen molar-refractivity contribution in [1.29, 1.82) is 0 Å². The second-order valence-corrected chi connectivity index (χ2v) is 6.70. The van der Waals surface area contributed by atoms with E-state index in [1.165, 1.54) is 11.8 Å². The fourth-order valence-electron chi connectivity index (χ4n) is 3.31. The van der Waals surface area contributed by atoms with E-state index in [1.807, 2.05) is 30.5 Å². The molecule has 1 aromatic carbocycles. The molecular weight excluding hydrogens is 329 g/mol. The second-order valence-electron chi connectivity index (χ2n) is 6.70. The van der Waals surface area contributed by atoms with Gasteiger partial charge in [0.2, 0.25) is 0 Å². The lowest BCUT2D eigenvalue weighted by molar-refractivity contribution is 0.0334. The first-order valence-corrected chi connectivity index (χ1v) is 9.27. The molecule has 5 heteroatoms. The SMILES string of the molecule is C=CCN(CCN1CCOCC1)Cc1cccn1Cc1ccccc1F. The van der Waals surface area contributed by atoms with Crippen LogP contribution in [0.15, 0.2) is 55.3 Å². The van der Waals surface area contributed by atoms with Gasteiger partial charge in [-0.05, 0) is 18.2 Å². The topological polar surface area (TPSA) is 20.6 Å². The second kappa shape index (κ2) is 9.67. The Morgan fingerprint density at radius 2 is 1.96 bits per heavy atom. The molecule has 1 aliphatic rings. The van der Waals surface area contributed by atoms with Gasteiger partial charge in [0.1, 0.15) is 5.82 Å². The first kappa shape index (κ1) is 18.8. The van der Waals surface area contributed by atoms with Crippen LogP contribution in [-0.2, 0) is 17.8 Å². The normalized spacial score (nSPS) is 15.5. The summed E-state index contributed by atoms with van der Waals surface area (Å²) in [5, 5.41) is 0. The molecule has 0 unspecified atom stereocenters. The Morgan fingerprint density at radius 3 is 2.73 bits per heavy atom. The minimum Gasteiger partial charge on any atom is -0.379 e. The van der Waals surface area contributed by atoms with E-state index in [2.05, 4.69) is 27.0 Å². The lowest BCUT2D eigenvalue weighted by Crippen LogP contribution is -2.41. The highest BCUT2D eigenvalue weighted by Gasteiger charge is 2.14. The number of benzene rings is 1. The van der Waals surface area contributed by atoms with Gasteiger partial charge in [0, 0.05) is 56.7 Å². The standard InChI is InChI=1S/C21H28FN3O/c1-2-9-24(12-11-23-13-15-26-16-14-23)18-20-7-5-10-25(20)17-19-6-3-4-8-21(19)22/h2-8,10H,1,9,11-18H2. The Bertz CT molecular complexity index is 694. The molecular formula is C21H28FN3O. The van der Waals surface area contributed by atoms with Crippen molar-refractivity contribution in [3.63, 3.8) is 0 Å². The predicted molar refractivity (Wildman–Crippen MR) is 103 cm³/mol. The lowest BCUT2D eigenvalue weighted by Gasteiger charge is -2.29. The summed E-state index contributed by atoms with van der Waals surface area (Å²) in [5.41, 5.74) is 1.91. The molecule has 0 saturated carbocycles. The molecule has 0 N–H and O–H groups in total. The van der Waals surface area contributed by atoms with Crippen molar-refractivity contribution < 1.29 is 9.13 Å². The van der Waals surface area contributed by atoms with Crippen LogP contribution in [0.25, 0.3) is 0 Å². The van der Waals surface area contributed by atoms with Gasteiger partial charge >= 0.3 is 0 Å². The number of aromatic nitrogens is 1.